The van der Waals surface area contributed by atoms with Crippen LogP contribution < -0.4 is 4.74 Å². The fourth-order valence-corrected chi connectivity index (χ4v) is 4.38. The summed E-state index contributed by atoms with van der Waals surface area (Å²) in [5.74, 6) is 0.589. The van der Waals surface area contributed by atoms with Gasteiger partial charge in [0.1, 0.15) is 11.9 Å². The van der Waals surface area contributed by atoms with Gasteiger partial charge in [-0.15, -0.1) is 0 Å². The SMILES string of the molecule is CC(C)CC(Oc1ccc(-c2ccc(C(C)C)cc2)c(CO)c1)c1ccc(C(=O)CCCC(=O)O)cc1. The van der Waals surface area contributed by atoms with E-state index in [1.54, 1.807) is 12.1 Å². The summed E-state index contributed by atoms with van der Waals surface area (Å²) in [4.78, 5) is 23.1. The van der Waals surface area contributed by atoms with Crippen LogP contribution in [-0.4, -0.2) is 22.0 Å². The van der Waals surface area contributed by atoms with E-state index in [2.05, 4.69) is 52.0 Å². The number of Topliss-reactive ketones (excluding diaryl/α,β-unsaturated/α-hetero) is 1. The molecule has 196 valence electrons. The molecule has 0 aliphatic rings. The minimum Gasteiger partial charge on any atom is -0.486 e. The molecule has 0 spiro atoms. The lowest BCUT2D eigenvalue weighted by Gasteiger charge is -2.22. The van der Waals surface area contributed by atoms with Gasteiger partial charge in [0.25, 0.3) is 0 Å². The van der Waals surface area contributed by atoms with Gasteiger partial charge in [0.15, 0.2) is 5.78 Å². The van der Waals surface area contributed by atoms with E-state index in [0.717, 1.165) is 28.7 Å². The largest absolute Gasteiger partial charge is 0.486 e. The second-order valence-corrected chi connectivity index (χ2v) is 10.3. The molecule has 5 nitrogen and oxygen atoms in total. The highest BCUT2D eigenvalue weighted by atomic mass is 16.5. The van der Waals surface area contributed by atoms with Crippen molar-refractivity contribution in [3.63, 3.8) is 0 Å². The number of rotatable bonds is 13. The predicted octanol–water partition coefficient (Wildman–Crippen LogP) is 7.57. The molecule has 3 rings (SSSR count). The van der Waals surface area contributed by atoms with Crippen molar-refractivity contribution in [1.82, 2.24) is 0 Å². The van der Waals surface area contributed by atoms with E-state index in [1.165, 1.54) is 5.56 Å². The highest BCUT2D eigenvalue weighted by Gasteiger charge is 2.18. The monoisotopic (exact) mass is 502 g/mol. The van der Waals surface area contributed by atoms with Crippen LogP contribution in [0.3, 0.4) is 0 Å². The molecule has 3 aromatic carbocycles. The van der Waals surface area contributed by atoms with E-state index in [9.17, 15) is 14.7 Å². The first-order valence-electron chi connectivity index (χ1n) is 13.0. The quantitative estimate of drug-likeness (QED) is 0.235. The van der Waals surface area contributed by atoms with Gasteiger partial charge in [0.05, 0.1) is 6.61 Å². The van der Waals surface area contributed by atoms with Gasteiger partial charge in [-0.2, -0.15) is 0 Å². The standard InChI is InChI=1S/C32H38O5/c1-21(2)18-31(26-14-12-25(13-15-26)30(34)6-5-7-32(35)36)37-28-16-17-29(27(19-28)20-33)24-10-8-23(9-11-24)22(3)4/h8-17,19,21-22,31,33H,5-7,18,20H2,1-4H3,(H,35,36). The van der Waals surface area contributed by atoms with E-state index in [0.29, 0.717) is 29.6 Å². The van der Waals surface area contributed by atoms with Crippen LogP contribution in [0.2, 0.25) is 0 Å². The van der Waals surface area contributed by atoms with Crippen molar-refractivity contribution in [2.75, 3.05) is 0 Å². The van der Waals surface area contributed by atoms with Gasteiger partial charge in [0, 0.05) is 18.4 Å². The van der Waals surface area contributed by atoms with E-state index < -0.39 is 5.97 Å². The number of aliphatic hydroxyl groups excluding tert-OH is 1. The Hall–Kier alpha value is -3.44. The summed E-state index contributed by atoms with van der Waals surface area (Å²) < 4.78 is 6.43. The minimum absolute atomic E-state index is 0.00794. The van der Waals surface area contributed by atoms with Crippen LogP contribution in [0.1, 0.15) is 92.4 Å². The zero-order valence-corrected chi connectivity index (χ0v) is 22.2. The topological polar surface area (TPSA) is 83.8 Å². The van der Waals surface area contributed by atoms with Crippen LogP contribution in [0.15, 0.2) is 66.7 Å². The molecule has 0 heterocycles. The number of aliphatic hydroxyl groups is 1. The molecule has 0 fully saturated rings. The second kappa shape index (κ2) is 13.2. The van der Waals surface area contributed by atoms with Crippen molar-refractivity contribution in [2.24, 2.45) is 5.92 Å². The van der Waals surface area contributed by atoms with Gasteiger partial charge >= 0.3 is 5.97 Å². The van der Waals surface area contributed by atoms with E-state index in [1.807, 2.05) is 30.3 Å². The molecule has 0 aromatic heterocycles. The highest BCUT2D eigenvalue weighted by molar-refractivity contribution is 5.96. The summed E-state index contributed by atoms with van der Waals surface area (Å²) in [6.07, 6.45) is 1.12. The molecule has 0 saturated heterocycles. The molecule has 0 radical (unpaired) electrons. The number of carboxylic acids is 1. The molecule has 3 aromatic rings. The first kappa shape index (κ1) is 28.1. The van der Waals surface area contributed by atoms with Crippen LogP contribution in [-0.2, 0) is 11.4 Å². The molecular formula is C32H38O5. The maximum absolute atomic E-state index is 12.4. The Morgan fingerprint density at radius 2 is 1.49 bits per heavy atom. The molecular weight excluding hydrogens is 464 g/mol. The van der Waals surface area contributed by atoms with Crippen molar-refractivity contribution >= 4 is 11.8 Å². The van der Waals surface area contributed by atoms with Crippen molar-refractivity contribution in [2.45, 2.75) is 72.0 Å². The van der Waals surface area contributed by atoms with Crippen molar-refractivity contribution < 1.29 is 24.5 Å². The summed E-state index contributed by atoms with van der Waals surface area (Å²) in [5.41, 5.74) is 5.67. The van der Waals surface area contributed by atoms with Gasteiger partial charge in [-0.05, 0) is 64.6 Å². The molecule has 2 N–H and O–H groups in total. The average Bonchev–Trinajstić information content (AvgIpc) is 2.88. The number of carbonyl (C=O) groups excluding carboxylic acids is 1. The summed E-state index contributed by atoms with van der Waals surface area (Å²) in [7, 11) is 0. The Bertz CT molecular complexity index is 1180. The third kappa shape index (κ3) is 8.02. The minimum atomic E-state index is -0.891. The maximum atomic E-state index is 12.4. The number of carbonyl (C=O) groups is 2. The van der Waals surface area contributed by atoms with Gasteiger partial charge in [-0.3, -0.25) is 9.59 Å². The van der Waals surface area contributed by atoms with Crippen molar-refractivity contribution in [1.29, 1.82) is 0 Å². The summed E-state index contributed by atoms with van der Waals surface area (Å²) in [6, 6.07) is 21.7. The fraction of sp³-hybridized carbons (Fsp3) is 0.375. The lowest BCUT2D eigenvalue weighted by atomic mass is 9.95. The molecule has 0 bridgehead atoms. The number of ether oxygens (including phenoxy) is 1. The van der Waals surface area contributed by atoms with Crippen molar-refractivity contribution in [3.05, 3.63) is 89.0 Å². The molecule has 5 heteroatoms. The fourth-order valence-electron chi connectivity index (χ4n) is 4.38. The van der Waals surface area contributed by atoms with Crippen LogP contribution in [0.5, 0.6) is 5.75 Å². The van der Waals surface area contributed by atoms with Crippen LogP contribution >= 0.6 is 0 Å². The number of benzene rings is 3. The molecule has 37 heavy (non-hydrogen) atoms. The van der Waals surface area contributed by atoms with Crippen LogP contribution in [0.4, 0.5) is 0 Å². The molecule has 0 saturated carbocycles. The Morgan fingerprint density at radius 1 is 0.838 bits per heavy atom. The predicted molar refractivity (Wildman–Crippen MR) is 147 cm³/mol. The highest BCUT2D eigenvalue weighted by Crippen LogP contribution is 2.33. The summed E-state index contributed by atoms with van der Waals surface area (Å²) in [5, 5.41) is 18.9. The van der Waals surface area contributed by atoms with Crippen LogP contribution in [0.25, 0.3) is 11.1 Å². The first-order valence-corrected chi connectivity index (χ1v) is 13.0. The Balaban J connectivity index is 1.78. The number of carboxylic acid groups (broad SMARTS) is 1. The Labute approximate surface area is 220 Å². The molecule has 1 atom stereocenters. The normalized spacial score (nSPS) is 12.1. The van der Waals surface area contributed by atoms with Gasteiger partial charge < -0.3 is 14.9 Å². The maximum Gasteiger partial charge on any atom is 0.303 e. The zero-order valence-electron chi connectivity index (χ0n) is 22.2. The van der Waals surface area contributed by atoms with Crippen molar-refractivity contribution in [3.8, 4) is 16.9 Å². The van der Waals surface area contributed by atoms with E-state index >= 15 is 0 Å². The third-order valence-electron chi connectivity index (χ3n) is 6.50. The van der Waals surface area contributed by atoms with E-state index in [-0.39, 0.29) is 31.3 Å². The Kier molecular flexibility index (Phi) is 10.0. The third-order valence-corrected chi connectivity index (χ3v) is 6.50. The summed E-state index contributed by atoms with van der Waals surface area (Å²) >= 11 is 0. The molecule has 1 unspecified atom stereocenters. The first-order chi connectivity index (χ1) is 17.7. The molecule has 0 aliphatic carbocycles. The number of hydrogen-bond acceptors (Lipinski definition) is 4. The summed E-state index contributed by atoms with van der Waals surface area (Å²) in [6.45, 7) is 8.52. The van der Waals surface area contributed by atoms with Gasteiger partial charge in [-0.1, -0.05) is 82.3 Å². The average molecular weight is 503 g/mol. The van der Waals surface area contributed by atoms with E-state index in [4.69, 9.17) is 9.84 Å². The second-order valence-electron chi connectivity index (χ2n) is 10.3. The number of ketones is 1. The lowest BCUT2D eigenvalue weighted by Crippen LogP contribution is -2.11. The molecule has 0 aliphatic heterocycles. The van der Waals surface area contributed by atoms with Gasteiger partial charge in [-0.25, -0.2) is 0 Å². The zero-order chi connectivity index (χ0) is 26.9. The van der Waals surface area contributed by atoms with Crippen LogP contribution in [0, 0.1) is 5.92 Å². The smallest absolute Gasteiger partial charge is 0.303 e. The Morgan fingerprint density at radius 3 is 2.05 bits per heavy atom. The molecule has 0 amide bonds. The lowest BCUT2D eigenvalue weighted by molar-refractivity contribution is -0.137. The van der Waals surface area contributed by atoms with Gasteiger partial charge in [0.2, 0.25) is 0 Å². The number of hydrogen-bond donors (Lipinski definition) is 2. The number of aliphatic carboxylic acids is 1.